The highest BCUT2D eigenvalue weighted by atomic mass is 16.7. The first-order valence-corrected chi connectivity index (χ1v) is 25.9. The van der Waals surface area contributed by atoms with Gasteiger partial charge in [-0.2, -0.15) is 0 Å². The summed E-state index contributed by atoms with van der Waals surface area (Å²) >= 11 is 0. The Bertz CT molecular complexity index is 1210. The van der Waals surface area contributed by atoms with Crippen molar-refractivity contribution < 1.29 is 49.3 Å². The molecule has 1 heterocycles. The number of aliphatic hydroxyl groups excluding tert-OH is 5. The number of amides is 1. The molecule has 1 aliphatic rings. The van der Waals surface area contributed by atoms with Crippen molar-refractivity contribution in [2.24, 2.45) is 0 Å². The van der Waals surface area contributed by atoms with Gasteiger partial charge in [-0.15, -0.1) is 0 Å². The Hall–Kier alpha value is -2.38. The van der Waals surface area contributed by atoms with E-state index in [0.717, 1.165) is 103 Å². The van der Waals surface area contributed by atoms with E-state index in [1.807, 2.05) is 6.08 Å². The molecule has 1 aliphatic heterocycles. The number of rotatable bonds is 43. The van der Waals surface area contributed by atoms with E-state index in [1.54, 1.807) is 6.08 Å². The van der Waals surface area contributed by atoms with E-state index in [4.69, 9.17) is 14.2 Å². The van der Waals surface area contributed by atoms with Gasteiger partial charge in [-0.3, -0.25) is 9.59 Å². The van der Waals surface area contributed by atoms with Gasteiger partial charge in [0, 0.05) is 12.8 Å². The van der Waals surface area contributed by atoms with Gasteiger partial charge in [-0.1, -0.05) is 172 Å². The number of carbonyl (C=O) groups excluding carboxylic acids is 2. The molecule has 0 aromatic carbocycles. The number of hydrogen-bond acceptors (Lipinski definition) is 10. The van der Waals surface area contributed by atoms with E-state index < -0.39 is 49.5 Å². The molecular weight excluding hydrogens is 811 g/mol. The second-order valence-corrected chi connectivity index (χ2v) is 17.9. The monoisotopic (exact) mass is 906 g/mol. The Labute approximate surface area is 389 Å². The molecule has 0 bridgehead atoms. The SMILES string of the molecule is CCCCCC/C=C/CC/C=C/C(O)C(COC1OC(CO)C(O)C(O)C1O)NC(=O)CCCCCCCC/C=C\C=C/CCCCCOC(=O)CCCCCCCCCCCCC. The fraction of sp³-hybridized carbons (Fsp3) is 0.811. The zero-order valence-corrected chi connectivity index (χ0v) is 40.5. The first kappa shape index (κ1) is 59.6. The third-order valence-electron chi connectivity index (χ3n) is 11.9. The Balaban J connectivity index is 2.19. The largest absolute Gasteiger partial charge is 0.466 e. The molecule has 0 spiro atoms. The van der Waals surface area contributed by atoms with Crippen LogP contribution in [0.3, 0.4) is 0 Å². The smallest absolute Gasteiger partial charge is 0.305 e. The van der Waals surface area contributed by atoms with E-state index in [9.17, 15) is 35.1 Å². The molecule has 6 N–H and O–H groups in total. The number of unbranched alkanes of at least 4 members (excludes halogenated alkanes) is 24. The van der Waals surface area contributed by atoms with Crippen LogP contribution >= 0.6 is 0 Å². The Kier molecular flexibility index (Phi) is 40.3. The maximum Gasteiger partial charge on any atom is 0.305 e. The lowest BCUT2D eigenvalue weighted by Crippen LogP contribution is -2.60. The molecule has 64 heavy (non-hydrogen) atoms. The van der Waals surface area contributed by atoms with E-state index >= 15 is 0 Å². The summed E-state index contributed by atoms with van der Waals surface area (Å²) in [4.78, 5) is 24.9. The summed E-state index contributed by atoms with van der Waals surface area (Å²) in [5.41, 5.74) is 0. The van der Waals surface area contributed by atoms with Crippen molar-refractivity contribution in [3.63, 3.8) is 0 Å². The van der Waals surface area contributed by atoms with Crippen LogP contribution in [0.5, 0.6) is 0 Å². The fourth-order valence-corrected chi connectivity index (χ4v) is 7.73. The maximum atomic E-state index is 13.0. The van der Waals surface area contributed by atoms with Crippen LogP contribution < -0.4 is 5.32 Å². The zero-order valence-electron chi connectivity index (χ0n) is 40.5. The van der Waals surface area contributed by atoms with Gasteiger partial charge < -0.3 is 45.1 Å². The highest BCUT2D eigenvalue weighted by Crippen LogP contribution is 2.22. The average Bonchev–Trinajstić information content (AvgIpc) is 3.29. The van der Waals surface area contributed by atoms with Crippen molar-refractivity contribution in [1.82, 2.24) is 5.32 Å². The molecule has 1 saturated heterocycles. The predicted molar refractivity (Wildman–Crippen MR) is 260 cm³/mol. The highest BCUT2D eigenvalue weighted by molar-refractivity contribution is 5.76. The van der Waals surface area contributed by atoms with E-state index in [2.05, 4.69) is 55.6 Å². The molecular formula is C53H95NO10. The number of aliphatic hydroxyl groups is 5. The lowest BCUT2D eigenvalue weighted by Gasteiger charge is -2.40. The first-order chi connectivity index (χ1) is 31.2. The van der Waals surface area contributed by atoms with Crippen LogP contribution in [0.4, 0.5) is 0 Å². The predicted octanol–water partition coefficient (Wildman–Crippen LogP) is 10.5. The molecule has 1 amide bonds. The summed E-state index contributed by atoms with van der Waals surface area (Å²) in [6.45, 7) is 4.19. The zero-order chi connectivity index (χ0) is 46.7. The number of hydrogen-bond donors (Lipinski definition) is 6. The fourth-order valence-electron chi connectivity index (χ4n) is 7.73. The Morgan fingerprint density at radius 1 is 0.578 bits per heavy atom. The van der Waals surface area contributed by atoms with Crippen molar-refractivity contribution >= 4 is 11.9 Å². The van der Waals surface area contributed by atoms with Crippen molar-refractivity contribution in [3.05, 3.63) is 48.6 Å². The van der Waals surface area contributed by atoms with Crippen molar-refractivity contribution in [3.8, 4) is 0 Å². The third kappa shape index (κ3) is 33.1. The summed E-state index contributed by atoms with van der Waals surface area (Å²) in [6, 6.07) is -0.843. The van der Waals surface area contributed by atoms with Gasteiger partial charge >= 0.3 is 5.97 Å². The van der Waals surface area contributed by atoms with Crippen LogP contribution in [-0.4, -0.2) is 100 Å². The Morgan fingerprint density at radius 3 is 1.66 bits per heavy atom. The average molecular weight is 906 g/mol. The van der Waals surface area contributed by atoms with Gasteiger partial charge in [-0.25, -0.2) is 0 Å². The number of esters is 1. The van der Waals surface area contributed by atoms with Gasteiger partial charge in [-0.05, 0) is 77.0 Å². The third-order valence-corrected chi connectivity index (χ3v) is 11.9. The summed E-state index contributed by atoms with van der Waals surface area (Å²) in [7, 11) is 0. The first-order valence-electron chi connectivity index (χ1n) is 25.9. The van der Waals surface area contributed by atoms with Crippen LogP contribution in [-0.2, 0) is 23.8 Å². The van der Waals surface area contributed by atoms with Gasteiger partial charge in [0.25, 0.3) is 0 Å². The van der Waals surface area contributed by atoms with Crippen molar-refractivity contribution in [2.75, 3.05) is 19.8 Å². The second kappa shape index (κ2) is 43.2. The molecule has 1 fully saturated rings. The Morgan fingerprint density at radius 2 is 1.06 bits per heavy atom. The number of allylic oxidation sites excluding steroid dienone is 7. The molecule has 0 saturated carbocycles. The number of nitrogens with one attached hydrogen (secondary N) is 1. The quantitative estimate of drug-likeness (QED) is 0.0150. The number of carbonyl (C=O) groups is 2. The molecule has 11 heteroatoms. The molecule has 0 aromatic heterocycles. The van der Waals surface area contributed by atoms with E-state index in [-0.39, 0.29) is 18.5 Å². The molecule has 7 unspecified atom stereocenters. The minimum absolute atomic E-state index is 0.0433. The van der Waals surface area contributed by atoms with Gasteiger partial charge in [0.2, 0.25) is 5.91 Å². The molecule has 0 aromatic rings. The summed E-state index contributed by atoms with van der Waals surface area (Å²) in [5.74, 6) is -0.261. The molecule has 11 nitrogen and oxygen atoms in total. The lowest BCUT2D eigenvalue weighted by atomic mass is 9.99. The minimum atomic E-state index is -1.58. The number of ether oxygens (including phenoxy) is 3. The van der Waals surface area contributed by atoms with Crippen molar-refractivity contribution in [2.45, 2.75) is 256 Å². The van der Waals surface area contributed by atoms with Crippen molar-refractivity contribution in [1.29, 1.82) is 0 Å². The topological polar surface area (TPSA) is 175 Å². The standard InChI is InChI=1S/C53H95NO10/c1-3-5-7-9-11-13-20-25-29-33-37-41-49(58)62-42-38-34-30-26-22-19-17-15-16-18-21-24-28-32-36-40-48(57)54-45(44-63-53-52(61)51(60)50(59)47(43-55)64-53)46(56)39-35-31-27-23-14-12-10-8-6-4-2/h14-15,17,19,22-23,35,39,45-47,50-53,55-56,59-61H,3-13,16,18,20-21,24-34,36-38,40-44H2,1-2H3,(H,54,57)/b17-15-,22-19-,23-14+,39-35+. The van der Waals surface area contributed by atoms with Gasteiger partial charge in [0.05, 0.1) is 32.0 Å². The van der Waals surface area contributed by atoms with E-state index in [1.165, 1.54) is 83.5 Å². The highest BCUT2D eigenvalue weighted by Gasteiger charge is 2.44. The van der Waals surface area contributed by atoms with Crippen LogP contribution in [0.2, 0.25) is 0 Å². The molecule has 1 rings (SSSR count). The maximum absolute atomic E-state index is 13.0. The molecule has 0 aliphatic carbocycles. The van der Waals surface area contributed by atoms with Gasteiger partial charge in [0.1, 0.15) is 24.4 Å². The van der Waals surface area contributed by atoms with Gasteiger partial charge in [0.15, 0.2) is 6.29 Å². The molecule has 7 atom stereocenters. The lowest BCUT2D eigenvalue weighted by molar-refractivity contribution is -0.302. The minimum Gasteiger partial charge on any atom is -0.466 e. The van der Waals surface area contributed by atoms with Crippen LogP contribution in [0.25, 0.3) is 0 Å². The molecule has 372 valence electrons. The van der Waals surface area contributed by atoms with E-state index in [0.29, 0.717) is 19.4 Å². The summed E-state index contributed by atoms with van der Waals surface area (Å²) < 4.78 is 16.6. The molecule has 0 radical (unpaired) electrons. The summed E-state index contributed by atoms with van der Waals surface area (Å²) in [6.07, 6.45) is 42.0. The second-order valence-electron chi connectivity index (χ2n) is 17.9. The van der Waals surface area contributed by atoms with Crippen LogP contribution in [0.1, 0.15) is 213 Å². The van der Waals surface area contributed by atoms with Crippen LogP contribution in [0.15, 0.2) is 48.6 Å². The summed E-state index contributed by atoms with van der Waals surface area (Å²) in [5, 5.41) is 54.1. The normalized spacial score (nSPS) is 20.3. The van der Waals surface area contributed by atoms with Crippen LogP contribution in [0, 0.1) is 0 Å².